The summed E-state index contributed by atoms with van der Waals surface area (Å²) in [5, 5.41) is 21.4. The molecule has 1 aromatic carbocycles. The number of carboxylic acid groups (broad SMARTS) is 2. The van der Waals surface area contributed by atoms with Crippen molar-refractivity contribution in [2.24, 2.45) is 5.41 Å². The minimum atomic E-state index is -1.32. The van der Waals surface area contributed by atoms with E-state index in [0.717, 1.165) is 12.0 Å². The molecule has 2 aliphatic rings. The molecule has 4 atom stereocenters. The van der Waals surface area contributed by atoms with Crippen LogP contribution in [0.3, 0.4) is 0 Å². The molecule has 1 aliphatic carbocycles. The second-order valence-corrected chi connectivity index (χ2v) is 10.6. The summed E-state index contributed by atoms with van der Waals surface area (Å²) in [7, 11) is 0. The Bertz CT molecular complexity index is 973. The number of ether oxygens (including phenoxy) is 2. The third-order valence-electron chi connectivity index (χ3n) is 7.94. The highest BCUT2D eigenvalue weighted by Gasteiger charge is 2.52. The van der Waals surface area contributed by atoms with Crippen LogP contribution >= 0.6 is 0 Å². The number of fused-ring (bicyclic) bond motifs is 2. The fourth-order valence-electron chi connectivity index (χ4n) is 4.99. The van der Waals surface area contributed by atoms with Gasteiger partial charge in [-0.2, -0.15) is 0 Å². The lowest BCUT2D eigenvalue weighted by molar-refractivity contribution is -0.183. The van der Waals surface area contributed by atoms with Gasteiger partial charge in [-0.1, -0.05) is 59.8 Å². The zero-order valence-electron chi connectivity index (χ0n) is 26.9. The molecule has 1 heterocycles. The van der Waals surface area contributed by atoms with E-state index in [2.05, 4.69) is 56.7 Å². The van der Waals surface area contributed by atoms with E-state index in [4.69, 9.17) is 15.2 Å². The van der Waals surface area contributed by atoms with E-state index in [9.17, 15) is 24.6 Å². The number of amides is 1. The molecule has 11 nitrogen and oxygen atoms in total. The summed E-state index contributed by atoms with van der Waals surface area (Å²) in [6, 6.07) is 7.49. The number of aliphatic carboxylic acids is 2. The quantitative estimate of drug-likeness (QED) is 0.145. The third-order valence-corrected chi connectivity index (χ3v) is 7.94. The Morgan fingerprint density at radius 2 is 1.47 bits per heavy atom. The Morgan fingerprint density at radius 1 is 0.930 bits per heavy atom. The Labute approximate surface area is 257 Å². The molecule has 0 radical (unpaired) electrons. The Balaban J connectivity index is 0.000000548. The van der Waals surface area contributed by atoms with Crippen LogP contribution in [-0.4, -0.2) is 102 Å². The maximum Gasteiger partial charge on any atom is 0.407 e. The van der Waals surface area contributed by atoms with Crippen LogP contribution in [0, 0.1) is 5.41 Å². The molecule has 1 saturated heterocycles. The van der Waals surface area contributed by atoms with Crippen molar-refractivity contribution in [3.8, 4) is 0 Å². The Morgan fingerprint density at radius 3 is 1.91 bits per heavy atom. The number of nitrogens with two attached hydrogens (primary N) is 1. The van der Waals surface area contributed by atoms with Crippen molar-refractivity contribution in [3.63, 3.8) is 0 Å². The van der Waals surface area contributed by atoms with Gasteiger partial charge in [0.15, 0.2) is 6.10 Å². The standard InChI is InChI=1S/C20H24N2O7.2C6H15N/c21-13-5-3-12(4-6-13)2-1-9-22-19(27)29-14-7-8-20(18(25)26)10-15(14)28-16(11-20)17(23)24;2*1-4-7(5-2)6-3/h3-8,14-16H,1-2,9-11,21H2,(H,22,27)(H,23,24)(H,25,26);2*4-6H2,1-3H3. The first-order valence-electron chi connectivity index (χ1n) is 15.5. The number of rotatable bonds is 13. The van der Waals surface area contributed by atoms with Crippen LogP contribution in [-0.2, 0) is 25.5 Å². The molecule has 0 aromatic heterocycles. The van der Waals surface area contributed by atoms with Crippen LogP contribution in [0.1, 0.15) is 66.4 Å². The van der Waals surface area contributed by atoms with Crippen molar-refractivity contribution in [1.82, 2.24) is 15.1 Å². The summed E-state index contributed by atoms with van der Waals surface area (Å²) in [4.78, 5) is 39.8. The zero-order valence-corrected chi connectivity index (χ0v) is 26.9. The van der Waals surface area contributed by atoms with Crippen LogP contribution in [0.5, 0.6) is 0 Å². The number of benzene rings is 1. The van der Waals surface area contributed by atoms with Crippen LogP contribution < -0.4 is 11.1 Å². The maximum atomic E-state index is 12.1. The first-order valence-corrected chi connectivity index (χ1v) is 15.5. The number of carbonyl (C=O) groups is 3. The summed E-state index contributed by atoms with van der Waals surface area (Å²) < 4.78 is 10.8. The fraction of sp³-hybridized carbons (Fsp3) is 0.656. The third kappa shape index (κ3) is 12.9. The Kier molecular flexibility index (Phi) is 17.6. The minimum absolute atomic E-state index is 0.0533. The number of nitrogens with zero attached hydrogens (tertiary/aromatic N) is 2. The first kappa shape index (κ1) is 37.9. The molecule has 5 N–H and O–H groups in total. The molecule has 4 unspecified atom stereocenters. The number of nitrogen functional groups attached to an aromatic ring is 1. The fourth-order valence-corrected chi connectivity index (χ4v) is 4.99. The van der Waals surface area contributed by atoms with Gasteiger partial charge in [0.1, 0.15) is 12.2 Å². The molecule has 1 amide bonds. The number of alkyl carbamates (subject to hydrolysis) is 1. The van der Waals surface area contributed by atoms with Gasteiger partial charge in [0.2, 0.25) is 0 Å². The predicted molar refractivity (Wildman–Crippen MR) is 169 cm³/mol. The van der Waals surface area contributed by atoms with Crippen molar-refractivity contribution in [1.29, 1.82) is 0 Å². The maximum absolute atomic E-state index is 12.1. The van der Waals surface area contributed by atoms with Gasteiger partial charge in [0, 0.05) is 18.7 Å². The molecule has 11 heteroatoms. The molecule has 1 fully saturated rings. The Hall–Kier alpha value is -3.15. The number of hydrogen-bond donors (Lipinski definition) is 4. The van der Waals surface area contributed by atoms with Gasteiger partial charge < -0.3 is 40.5 Å². The normalized spacial score (nSPS) is 22.1. The van der Waals surface area contributed by atoms with Crippen molar-refractivity contribution in [2.45, 2.75) is 85.5 Å². The summed E-state index contributed by atoms with van der Waals surface area (Å²) >= 11 is 0. The van der Waals surface area contributed by atoms with Gasteiger partial charge in [-0.25, -0.2) is 9.59 Å². The summed E-state index contributed by atoms with van der Waals surface area (Å²) in [5.74, 6) is -2.35. The lowest BCUT2D eigenvalue weighted by atomic mass is 9.71. The molecular weight excluding hydrogens is 552 g/mol. The topological polar surface area (TPSA) is 155 Å². The average molecular weight is 607 g/mol. The second-order valence-electron chi connectivity index (χ2n) is 10.6. The van der Waals surface area contributed by atoms with Crippen molar-refractivity contribution in [2.75, 3.05) is 51.5 Å². The molecule has 1 aromatic rings. The van der Waals surface area contributed by atoms with Gasteiger partial charge in [0.05, 0.1) is 5.41 Å². The molecule has 0 saturated carbocycles. The van der Waals surface area contributed by atoms with E-state index < -0.39 is 41.8 Å². The summed E-state index contributed by atoms with van der Waals surface area (Å²) in [6.45, 7) is 20.6. The van der Waals surface area contributed by atoms with Crippen molar-refractivity contribution in [3.05, 3.63) is 42.0 Å². The number of carboxylic acids is 2. The number of carbonyl (C=O) groups excluding carboxylic acids is 1. The monoisotopic (exact) mass is 606 g/mol. The first-order chi connectivity index (χ1) is 20.5. The number of hydrogen-bond acceptors (Lipinski definition) is 8. The lowest BCUT2D eigenvalue weighted by Crippen LogP contribution is -2.53. The summed E-state index contributed by atoms with van der Waals surface area (Å²) in [5.41, 5.74) is 6.12. The SMILES string of the molecule is CCN(CC)CC.CCN(CC)CC.Nc1ccc(CCCNC(=O)OC2C=CC3(C(=O)O)CC(C(=O)O)OC2C3)cc1. The van der Waals surface area contributed by atoms with E-state index in [1.165, 1.54) is 51.4 Å². The van der Waals surface area contributed by atoms with Crippen LogP contribution in [0.15, 0.2) is 36.4 Å². The molecule has 2 bridgehead atoms. The van der Waals surface area contributed by atoms with Gasteiger partial charge in [-0.3, -0.25) is 4.79 Å². The molecule has 1 aliphatic heterocycles. The lowest BCUT2D eigenvalue weighted by Gasteiger charge is -2.43. The zero-order chi connectivity index (χ0) is 32.4. The van der Waals surface area contributed by atoms with Crippen LogP contribution in [0.4, 0.5) is 10.5 Å². The smallest absolute Gasteiger partial charge is 0.407 e. The molecule has 0 spiro atoms. The van der Waals surface area contributed by atoms with Crippen LogP contribution in [0.2, 0.25) is 0 Å². The second kappa shape index (κ2) is 19.9. The van der Waals surface area contributed by atoms with E-state index in [-0.39, 0.29) is 12.8 Å². The van der Waals surface area contributed by atoms with E-state index >= 15 is 0 Å². The van der Waals surface area contributed by atoms with Gasteiger partial charge in [0.25, 0.3) is 0 Å². The highest BCUT2D eigenvalue weighted by Crippen LogP contribution is 2.43. The van der Waals surface area contributed by atoms with Gasteiger partial charge >= 0.3 is 18.0 Å². The highest BCUT2D eigenvalue weighted by atomic mass is 16.6. The summed E-state index contributed by atoms with van der Waals surface area (Å²) in [6.07, 6.45) is 0.641. The van der Waals surface area contributed by atoms with E-state index in [0.29, 0.717) is 18.7 Å². The predicted octanol–water partition coefficient (Wildman–Crippen LogP) is 4.27. The van der Waals surface area contributed by atoms with Gasteiger partial charge in [-0.15, -0.1) is 0 Å². The average Bonchev–Trinajstić information content (AvgIpc) is 3.00. The van der Waals surface area contributed by atoms with Crippen molar-refractivity contribution < 1.29 is 34.1 Å². The molecular formula is C32H54N4O7. The molecule has 3 rings (SSSR count). The molecule has 244 valence electrons. The largest absolute Gasteiger partial charge is 0.481 e. The van der Waals surface area contributed by atoms with E-state index in [1.807, 2.05) is 24.3 Å². The van der Waals surface area contributed by atoms with Crippen LogP contribution in [0.25, 0.3) is 0 Å². The highest BCUT2D eigenvalue weighted by molar-refractivity contribution is 5.81. The van der Waals surface area contributed by atoms with Crippen molar-refractivity contribution >= 4 is 23.7 Å². The number of nitrogens with one attached hydrogen (secondary N) is 1. The van der Waals surface area contributed by atoms with Gasteiger partial charge in [-0.05, 0) is 82.3 Å². The van der Waals surface area contributed by atoms with E-state index in [1.54, 1.807) is 0 Å². The molecule has 43 heavy (non-hydrogen) atoms. The number of aryl methyl sites for hydroxylation is 1. The minimum Gasteiger partial charge on any atom is -0.481 e. The number of anilines is 1.